The highest BCUT2D eigenvalue weighted by Gasteiger charge is 2.50. The van der Waals surface area contributed by atoms with Gasteiger partial charge in [0.05, 0.1) is 18.8 Å². The van der Waals surface area contributed by atoms with E-state index in [9.17, 15) is 14.7 Å². The summed E-state index contributed by atoms with van der Waals surface area (Å²) in [7, 11) is 0. The number of ether oxygens (including phenoxy) is 3. The second-order valence-electron chi connectivity index (χ2n) is 7.58. The summed E-state index contributed by atoms with van der Waals surface area (Å²) in [6, 6.07) is 0. The number of rotatable bonds is 0. The molecule has 1 N–H and O–H groups in total. The standard InChI is InChI=1S/C10H14O3.C9H12O3/c1-7-6-10(13-9(7)12)4-2-8(11)3-5-10;1-6-5-9(12-8(6)10)3-4-11-7(9)2/h8,11H,1-6H2;7H,1,3-5H2,2H3. The molecular weight excluding hydrogens is 324 g/mol. The smallest absolute Gasteiger partial charge is 0.334 e. The zero-order valence-electron chi connectivity index (χ0n) is 14.7. The topological polar surface area (TPSA) is 82.1 Å². The first-order valence-corrected chi connectivity index (χ1v) is 8.87. The van der Waals surface area contributed by atoms with E-state index in [0.717, 1.165) is 32.1 Å². The molecule has 4 rings (SSSR count). The molecule has 4 aliphatic rings. The second kappa shape index (κ2) is 6.57. The maximum Gasteiger partial charge on any atom is 0.334 e. The van der Waals surface area contributed by atoms with Gasteiger partial charge in [0.25, 0.3) is 0 Å². The van der Waals surface area contributed by atoms with Gasteiger partial charge in [-0.1, -0.05) is 13.2 Å². The molecule has 0 bridgehead atoms. The van der Waals surface area contributed by atoms with Crippen molar-refractivity contribution in [1.29, 1.82) is 0 Å². The molecule has 3 aliphatic heterocycles. The highest BCUT2D eigenvalue weighted by Crippen LogP contribution is 2.42. The number of aliphatic hydroxyl groups is 1. The van der Waals surface area contributed by atoms with Crippen LogP contribution < -0.4 is 0 Å². The third kappa shape index (κ3) is 3.51. The van der Waals surface area contributed by atoms with E-state index in [4.69, 9.17) is 14.2 Å². The third-order valence-electron chi connectivity index (χ3n) is 5.73. The van der Waals surface area contributed by atoms with Crippen molar-refractivity contribution in [2.45, 2.75) is 75.3 Å². The molecule has 138 valence electrons. The first-order chi connectivity index (χ1) is 11.8. The number of carbonyl (C=O) groups is 2. The lowest BCUT2D eigenvalue weighted by atomic mass is 9.81. The van der Waals surface area contributed by atoms with Gasteiger partial charge in [0.15, 0.2) is 0 Å². The van der Waals surface area contributed by atoms with Crippen LogP contribution in [0.15, 0.2) is 24.3 Å². The molecule has 2 spiro atoms. The number of esters is 2. The predicted octanol–water partition coefficient (Wildman–Crippen LogP) is 2.20. The average molecular weight is 350 g/mol. The first kappa shape index (κ1) is 18.1. The fraction of sp³-hybridized carbons (Fsp3) is 0.684. The number of carbonyl (C=O) groups excluding carboxylic acids is 2. The summed E-state index contributed by atoms with van der Waals surface area (Å²) in [4.78, 5) is 22.2. The van der Waals surface area contributed by atoms with Crippen LogP contribution in [0, 0.1) is 0 Å². The van der Waals surface area contributed by atoms with E-state index in [0.29, 0.717) is 30.6 Å². The summed E-state index contributed by atoms with van der Waals surface area (Å²) in [6.07, 6.45) is 4.92. The average Bonchev–Trinajstić information content (AvgIpc) is 3.14. The third-order valence-corrected chi connectivity index (χ3v) is 5.73. The number of hydrogen-bond donors (Lipinski definition) is 1. The Morgan fingerprint density at radius 3 is 2.04 bits per heavy atom. The summed E-state index contributed by atoms with van der Waals surface area (Å²) in [5.74, 6) is -0.510. The lowest BCUT2D eigenvalue weighted by Gasteiger charge is -2.33. The monoisotopic (exact) mass is 350 g/mol. The van der Waals surface area contributed by atoms with Gasteiger partial charge >= 0.3 is 11.9 Å². The minimum absolute atomic E-state index is 0.0145. The molecule has 25 heavy (non-hydrogen) atoms. The minimum Gasteiger partial charge on any atom is -0.455 e. The van der Waals surface area contributed by atoms with Crippen LogP contribution in [0.3, 0.4) is 0 Å². The highest BCUT2D eigenvalue weighted by molar-refractivity contribution is 5.91. The number of aliphatic hydroxyl groups excluding tert-OH is 1. The molecule has 3 heterocycles. The Labute approximate surface area is 147 Å². The van der Waals surface area contributed by atoms with Crippen LogP contribution in [0.2, 0.25) is 0 Å². The second-order valence-corrected chi connectivity index (χ2v) is 7.58. The van der Waals surface area contributed by atoms with E-state index in [1.54, 1.807) is 0 Å². The van der Waals surface area contributed by atoms with Crippen molar-refractivity contribution in [1.82, 2.24) is 0 Å². The summed E-state index contributed by atoms with van der Waals surface area (Å²) in [5, 5.41) is 9.32. The van der Waals surface area contributed by atoms with Crippen LogP contribution >= 0.6 is 0 Å². The van der Waals surface area contributed by atoms with Crippen molar-refractivity contribution in [3.63, 3.8) is 0 Å². The maximum absolute atomic E-state index is 11.1. The fourth-order valence-corrected chi connectivity index (χ4v) is 4.03. The normalized spacial score (nSPS) is 40.2. The van der Waals surface area contributed by atoms with Gasteiger partial charge in [-0.3, -0.25) is 0 Å². The molecule has 0 aromatic rings. The largest absolute Gasteiger partial charge is 0.455 e. The molecule has 6 nitrogen and oxygen atoms in total. The molecule has 2 unspecified atom stereocenters. The molecule has 6 heteroatoms. The Kier molecular flexibility index (Phi) is 4.77. The zero-order valence-corrected chi connectivity index (χ0v) is 14.7. The van der Waals surface area contributed by atoms with E-state index in [-0.39, 0.29) is 35.3 Å². The molecule has 3 saturated heterocycles. The molecule has 2 atom stereocenters. The molecule has 0 aromatic heterocycles. The van der Waals surface area contributed by atoms with E-state index in [2.05, 4.69) is 13.2 Å². The lowest BCUT2D eigenvalue weighted by molar-refractivity contribution is -0.151. The highest BCUT2D eigenvalue weighted by atomic mass is 16.6. The van der Waals surface area contributed by atoms with Crippen molar-refractivity contribution >= 4 is 11.9 Å². The Morgan fingerprint density at radius 1 is 1.00 bits per heavy atom. The van der Waals surface area contributed by atoms with Crippen LogP contribution in [-0.2, 0) is 23.8 Å². The lowest BCUT2D eigenvalue weighted by Crippen LogP contribution is -2.35. The summed E-state index contributed by atoms with van der Waals surface area (Å²) in [5.41, 5.74) is 0.463. The van der Waals surface area contributed by atoms with Crippen molar-refractivity contribution in [3.8, 4) is 0 Å². The van der Waals surface area contributed by atoms with E-state index in [1.807, 2.05) is 6.92 Å². The van der Waals surface area contributed by atoms with Gasteiger partial charge in [0, 0.05) is 30.4 Å². The van der Waals surface area contributed by atoms with Crippen LogP contribution in [0.1, 0.15) is 51.9 Å². The van der Waals surface area contributed by atoms with E-state index >= 15 is 0 Å². The van der Waals surface area contributed by atoms with Crippen molar-refractivity contribution in [2.24, 2.45) is 0 Å². The van der Waals surface area contributed by atoms with E-state index in [1.165, 1.54) is 0 Å². The first-order valence-electron chi connectivity index (χ1n) is 8.87. The molecular formula is C19H26O6. The van der Waals surface area contributed by atoms with Gasteiger partial charge in [0.1, 0.15) is 11.2 Å². The Hall–Kier alpha value is -1.66. The van der Waals surface area contributed by atoms with Crippen LogP contribution in [0.5, 0.6) is 0 Å². The Morgan fingerprint density at radius 2 is 1.60 bits per heavy atom. The Bertz CT molecular complexity index is 565. The predicted molar refractivity (Wildman–Crippen MR) is 89.7 cm³/mol. The van der Waals surface area contributed by atoms with Crippen molar-refractivity contribution in [3.05, 3.63) is 24.3 Å². The molecule has 1 saturated carbocycles. The van der Waals surface area contributed by atoms with Crippen molar-refractivity contribution in [2.75, 3.05) is 6.61 Å². The molecule has 0 radical (unpaired) electrons. The SMILES string of the molecule is C=C1CC2(CCC(O)CC2)OC1=O.C=C1CC2(CCOC2C)OC1=O. The van der Waals surface area contributed by atoms with Gasteiger partial charge in [-0.2, -0.15) is 0 Å². The van der Waals surface area contributed by atoms with E-state index < -0.39 is 0 Å². The van der Waals surface area contributed by atoms with Gasteiger partial charge < -0.3 is 19.3 Å². The maximum atomic E-state index is 11.1. The van der Waals surface area contributed by atoms with Gasteiger partial charge in [-0.05, 0) is 32.6 Å². The van der Waals surface area contributed by atoms with Gasteiger partial charge in [-0.25, -0.2) is 9.59 Å². The molecule has 0 aromatic carbocycles. The summed E-state index contributed by atoms with van der Waals surface area (Å²) < 4.78 is 15.9. The van der Waals surface area contributed by atoms with Crippen LogP contribution in [0.25, 0.3) is 0 Å². The zero-order chi connectivity index (χ0) is 18.2. The van der Waals surface area contributed by atoms with Gasteiger partial charge in [0.2, 0.25) is 0 Å². The Balaban J connectivity index is 0.000000146. The molecule has 1 aliphatic carbocycles. The fourth-order valence-electron chi connectivity index (χ4n) is 4.03. The minimum atomic E-state index is -0.381. The van der Waals surface area contributed by atoms with Crippen LogP contribution in [0.4, 0.5) is 0 Å². The number of hydrogen-bond acceptors (Lipinski definition) is 6. The quantitative estimate of drug-likeness (QED) is 0.533. The molecule has 0 amide bonds. The summed E-state index contributed by atoms with van der Waals surface area (Å²) in [6.45, 7) is 9.95. The molecule has 4 fully saturated rings. The van der Waals surface area contributed by atoms with Crippen molar-refractivity contribution < 1.29 is 28.9 Å². The van der Waals surface area contributed by atoms with Crippen LogP contribution in [-0.4, -0.2) is 47.1 Å². The summed E-state index contributed by atoms with van der Waals surface area (Å²) >= 11 is 0. The van der Waals surface area contributed by atoms with Gasteiger partial charge in [-0.15, -0.1) is 0 Å².